The van der Waals surface area contributed by atoms with Gasteiger partial charge in [0.05, 0.1) is 12.8 Å². The SMILES string of the molecule is COc1ccc(C(N)=O)cc1NC1CC(N)C1. The first-order chi connectivity index (χ1) is 8.10. The monoisotopic (exact) mass is 235 g/mol. The molecular weight excluding hydrogens is 218 g/mol. The zero-order valence-corrected chi connectivity index (χ0v) is 9.77. The van der Waals surface area contributed by atoms with Gasteiger partial charge in [0.2, 0.25) is 5.91 Å². The first-order valence-electron chi connectivity index (χ1n) is 5.60. The minimum absolute atomic E-state index is 0.276. The van der Waals surface area contributed by atoms with Crippen molar-refractivity contribution in [3.63, 3.8) is 0 Å². The Bertz CT molecular complexity index is 428. The third-order valence-electron chi connectivity index (χ3n) is 3.02. The van der Waals surface area contributed by atoms with Crippen molar-refractivity contribution >= 4 is 11.6 Å². The highest BCUT2D eigenvalue weighted by molar-refractivity contribution is 5.94. The zero-order chi connectivity index (χ0) is 12.4. The number of amides is 1. The van der Waals surface area contributed by atoms with Crippen LogP contribution in [-0.2, 0) is 0 Å². The van der Waals surface area contributed by atoms with Gasteiger partial charge >= 0.3 is 0 Å². The van der Waals surface area contributed by atoms with Gasteiger partial charge in [-0.05, 0) is 31.0 Å². The molecule has 1 aliphatic rings. The van der Waals surface area contributed by atoms with Crippen molar-refractivity contribution in [1.29, 1.82) is 0 Å². The number of rotatable bonds is 4. The predicted octanol–water partition coefficient (Wildman–Crippen LogP) is 0.696. The number of carbonyl (C=O) groups is 1. The van der Waals surface area contributed by atoms with Gasteiger partial charge in [-0.3, -0.25) is 4.79 Å². The lowest BCUT2D eigenvalue weighted by Gasteiger charge is -2.34. The maximum Gasteiger partial charge on any atom is 0.248 e. The Kier molecular flexibility index (Phi) is 3.19. The Hall–Kier alpha value is -1.75. The number of carbonyl (C=O) groups excluding carboxylic acids is 1. The highest BCUT2D eigenvalue weighted by atomic mass is 16.5. The molecule has 0 aliphatic heterocycles. The van der Waals surface area contributed by atoms with E-state index in [0.29, 0.717) is 17.4 Å². The number of ether oxygens (including phenoxy) is 1. The van der Waals surface area contributed by atoms with Crippen molar-refractivity contribution in [3.8, 4) is 5.75 Å². The first-order valence-corrected chi connectivity index (χ1v) is 5.60. The molecule has 0 aromatic heterocycles. The van der Waals surface area contributed by atoms with Crippen molar-refractivity contribution in [1.82, 2.24) is 0 Å². The van der Waals surface area contributed by atoms with Gasteiger partial charge in [-0.15, -0.1) is 0 Å². The molecule has 92 valence electrons. The molecule has 1 fully saturated rings. The third kappa shape index (κ3) is 2.50. The Balaban J connectivity index is 2.17. The van der Waals surface area contributed by atoms with Crippen LogP contribution in [0.3, 0.4) is 0 Å². The van der Waals surface area contributed by atoms with E-state index in [4.69, 9.17) is 16.2 Å². The number of hydrogen-bond acceptors (Lipinski definition) is 4. The van der Waals surface area contributed by atoms with Crippen LogP contribution in [0.5, 0.6) is 5.75 Å². The van der Waals surface area contributed by atoms with Crippen molar-refractivity contribution in [3.05, 3.63) is 23.8 Å². The molecule has 2 rings (SSSR count). The molecule has 0 heterocycles. The summed E-state index contributed by atoms with van der Waals surface area (Å²) in [6, 6.07) is 5.73. The Morgan fingerprint density at radius 1 is 1.47 bits per heavy atom. The van der Waals surface area contributed by atoms with Crippen LogP contribution in [-0.4, -0.2) is 25.1 Å². The normalized spacial score (nSPS) is 22.7. The fourth-order valence-electron chi connectivity index (χ4n) is 1.97. The fourth-order valence-corrected chi connectivity index (χ4v) is 1.97. The quantitative estimate of drug-likeness (QED) is 0.716. The van der Waals surface area contributed by atoms with Crippen LogP contribution in [0.15, 0.2) is 18.2 Å². The van der Waals surface area contributed by atoms with Crippen LogP contribution < -0.4 is 21.5 Å². The maximum atomic E-state index is 11.1. The van der Waals surface area contributed by atoms with Gasteiger partial charge < -0.3 is 21.5 Å². The summed E-state index contributed by atoms with van der Waals surface area (Å²) in [5.41, 5.74) is 12.2. The minimum atomic E-state index is -0.444. The molecule has 0 spiro atoms. The van der Waals surface area contributed by atoms with Crippen LogP contribution in [0.4, 0.5) is 5.69 Å². The molecule has 17 heavy (non-hydrogen) atoms. The summed E-state index contributed by atoms with van der Waals surface area (Å²) in [4.78, 5) is 11.1. The lowest BCUT2D eigenvalue weighted by atomic mass is 9.87. The number of primary amides is 1. The molecule has 1 aromatic carbocycles. The van der Waals surface area contributed by atoms with E-state index in [2.05, 4.69) is 5.32 Å². The Labute approximate surface area is 100 Å². The number of nitrogens with two attached hydrogens (primary N) is 2. The Morgan fingerprint density at radius 3 is 2.71 bits per heavy atom. The number of anilines is 1. The van der Waals surface area contributed by atoms with E-state index in [1.54, 1.807) is 25.3 Å². The summed E-state index contributed by atoms with van der Waals surface area (Å²) in [5.74, 6) is 0.261. The van der Waals surface area contributed by atoms with Crippen molar-refractivity contribution in [2.45, 2.75) is 24.9 Å². The molecule has 0 atom stereocenters. The van der Waals surface area contributed by atoms with Crippen LogP contribution in [0, 0.1) is 0 Å². The molecule has 1 aromatic rings. The second-order valence-electron chi connectivity index (χ2n) is 4.35. The predicted molar refractivity (Wildman–Crippen MR) is 66.1 cm³/mol. The third-order valence-corrected chi connectivity index (χ3v) is 3.02. The molecule has 0 radical (unpaired) electrons. The second-order valence-corrected chi connectivity index (χ2v) is 4.35. The molecule has 1 amide bonds. The lowest BCUT2D eigenvalue weighted by molar-refractivity contribution is 0.100. The smallest absolute Gasteiger partial charge is 0.248 e. The molecule has 0 unspecified atom stereocenters. The van der Waals surface area contributed by atoms with E-state index in [1.165, 1.54) is 0 Å². The minimum Gasteiger partial charge on any atom is -0.495 e. The summed E-state index contributed by atoms with van der Waals surface area (Å²) >= 11 is 0. The average Bonchev–Trinajstić information content (AvgIpc) is 2.26. The number of hydrogen-bond donors (Lipinski definition) is 3. The van der Waals surface area contributed by atoms with E-state index < -0.39 is 5.91 Å². The molecule has 0 bridgehead atoms. The van der Waals surface area contributed by atoms with Gasteiger partial charge in [-0.2, -0.15) is 0 Å². The standard InChI is InChI=1S/C12H17N3O2/c1-17-11-3-2-7(12(14)16)4-10(11)15-9-5-8(13)6-9/h2-4,8-9,15H,5-6,13H2,1H3,(H2,14,16). The van der Waals surface area contributed by atoms with Gasteiger partial charge in [0, 0.05) is 17.6 Å². The first kappa shape index (κ1) is 11.7. The van der Waals surface area contributed by atoms with Crippen LogP contribution in [0.25, 0.3) is 0 Å². The fraction of sp³-hybridized carbons (Fsp3) is 0.417. The van der Waals surface area contributed by atoms with E-state index in [1.807, 2.05) is 0 Å². The van der Waals surface area contributed by atoms with Crippen molar-refractivity contribution in [2.24, 2.45) is 11.5 Å². The van der Waals surface area contributed by atoms with Gasteiger partial charge in [0.25, 0.3) is 0 Å². The maximum absolute atomic E-state index is 11.1. The van der Waals surface area contributed by atoms with Crippen molar-refractivity contribution in [2.75, 3.05) is 12.4 Å². The second kappa shape index (κ2) is 4.63. The average molecular weight is 235 g/mol. The summed E-state index contributed by atoms with van der Waals surface area (Å²) < 4.78 is 5.23. The van der Waals surface area contributed by atoms with Crippen LogP contribution in [0.1, 0.15) is 23.2 Å². The van der Waals surface area contributed by atoms with E-state index >= 15 is 0 Å². The van der Waals surface area contributed by atoms with Crippen molar-refractivity contribution < 1.29 is 9.53 Å². The number of benzene rings is 1. The van der Waals surface area contributed by atoms with Gasteiger partial charge in [0.15, 0.2) is 0 Å². The van der Waals surface area contributed by atoms with Gasteiger partial charge in [0.1, 0.15) is 5.75 Å². The van der Waals surface area contributed by atoms with Crippen LogP contribution in [0.2, 0.25) is 0 Å². The van der Waals surface area contributed by atoms with E-state index in [0.717, 1.165) is 18.5 Å². The number of nitrogens with one attached hydrogen (secondary N) is 1. The summed E-state index contributed by atoms with van der Waals surface area (Å²) in [6.45, 7) is 0. The largest absolute Gasteiger partial charge is 0.495 e. The topological polar surface area (TPSA) is 90.4 Å². The lowest BCUT2D eigenvalue weighted by Crippen LogP contribution is -2.44. The molecule has 5 N–H and O–H groups in total. The summed E-state index contributed by atoms with van der Waals surface area (Å²) in [5, 5.41) is 3.31. The molecular formula is C12H17N3O2. The van der Waals surface area contributed by atoms with E-state index in [-0.39, 0.29) is 6.04 Å². The molecule has 1 saturated carbocycles. The summed E-state index contributed by atoms with van der Waals surface area (Å²) in [6.07, 6.45) is 1.87. The van der Waals surface area contributed by atoms with E-state index in [9.17, 15) is 4.79 Å². The number of methoxy groups -OCH3 is 1. The highest BCUT2D eigenvalue weighted by Crippen LogP contribution is 2.30. The Morgan fingerprint density at radius 2 is 2.18 bits per heavy atom. The van der Waals surface area contributed by atoms with Gasteiger partial charge in [-0.1, -0.05) is 0 Å². The molecule has 5 nitrogen and oxygen atoms in total. The van der Waals surface area contributed by atoms with Crippen LogP contribution >= 0.6 is 0 Å². The molecule has 0 saturated heterocycles. The molecule has 5 heteroatoms. The highest BCUT2D eigenvalue weighted by Gasteiger charge is 2.26. The van der Waals surface area contributed by atoms with Gasteiger partial charge in [-0.25, -0.2) is 0 Å². The summed E-state index contributed by atoms with van der Waals surface area (Å²) in [7, 11) is 1.59. The molecule has 1 aliphatic carbocycles. The zero-order valence-electron chi connectivity index (χ0n) is 9.77.